The summed E-state index contributed by atoms with van der Waals surface area (Å²) in [7, 11) is 3.11. The zero-order chi connectivity index (χ0) is 14.3. The molecule has 2 amide bonds. The lowest BCUT2D eigenvalue weighted by Gasteiger charge is -2.16. The molecule has 0 aromatic carbocycles. The summed E-state index contributed by atoms with van der Waals surface area (Å²) in [5.41, 5.74) is 0.293. The maximum absolute atomic E-state index is 12.0. The molecule has 1 heterocycles. The van der Waals surface area contributed by atoms with Gasteiger partial charge in [-0.2, -0.15) is 0 Å². The molecular formula is C12H16BrN3O3. The Bertz CT molecular complexity index is 454. The fraction of sp³-hybridized carbons (Fsp3) is 0.417. The molecule has 0 saturated heterocycles. The molecule has 1 aromatic rings. The van der Waals surface area contributed by atoms with E-state index in [4.69, 9.17) is 4.74 Å². The molecule has 6 nitrogen and oxygen atoms in total. The first-order valence-corrected chi connectivity index (χ1v) is 6.47. The van der Waals surface area contributed by atoms with Gasteiger partial charge in [-0.05, 0) is 28.1 Å². The number of carbonyl (C=O) groups excluding carboxylic acids is 2. The summed E-state index contributed by atoms with van der Waals surface area (Å²) in [6.45, 7) is 0.847. The largest absolute Gasteiger partial charge is 0.383 e. The zero-order valence-electron chi connectivity index (χ0n) is 10.9. The number of pyridine rings is 1. The van der Waals surface area contributed by atoms with E-state index in [0.29, 0.717) is 23.4 Å². The van der Waals surface area contributed by atoms with Gasteiger partial charge in [0.05, 0.1) is 13.2 Å². The van der Waals surface area contributed by atoms with E-state index in [-0.39, 0.29) is 18.4 Å². The van der Waals surface area contributed by atoms with Gasteiger partial charge in [0.25, 0.3) is 5.91 Å². The minimum atomic E-state index is -0.303. The van der Waals surface area contributed by atoms with Gasteiger partial charge >= 0.3 is 0 Å². The van der Waals surface area contributed by atoms with Crippen molar-refractivity contribution in [2.75, 3.05) is 33.9 Å². The Kier molecular flexibility index (Phi) is 6.44. The van der Waals surface area contributed by atoms with Crippen LogP contribution in [0.1, 0.15) is 10.5 Å². The number of halogens is 1. The average Bonchev–Trinajstić information content (AvgIpc) is 2.38. The van der Waals surface area contributed by atoms with Gasteiger partial charge < -0.3 is 15.0 Å². The number of methoxy groups -OCH3 is 1. The second kappa shape index (κ2) is 7.85. The Morgan fingerprint density at radius 1 is 1.47 bits per heavy atom. The predicted octanol–water partition coefficient (Wildman–Crippen LogP) is 0.679. The molecule has 1 N–H and O–H groups in total. The third kappa shape index (κ3) is 5.35. The van der Waals surface area contributed by atoms with Gasteiger partial charge in [0.15, 0.2) is 0 Å². The highest BCUT2D eigenvalue weighted by molar-refractivity contribution is 9.10. The fourth-order valence-electron chi connectivity index (χ4n) is 1.36. The van der Waals surface area contributed by atoms with E-state index in [1.165, 1.54) is 4.90 Å². The van der Waals surface area contributed by atoms with E-state index in [9.17, 15) is 9.59 Å². The van der Waals surface area contributed by atoms with Gasteiger partial charge in [0.1, 0.15) is 10.3 Å². The molecule has 0 aliphatic heterocycles. The van der Waals surface area contributed by atoms with Crippen molar-refractivity contribution < 1.29 is 14.3 Å². The predicted molar refractivity (Wildman–Crippen MR) is 73.8 cm³/mol. The van der Waals surface area contributed by atoms with E-state index in [1.54, 1.807) is 32.4 Å². The Balaban J connectivity index is 2.51. The number of ether oxygens (including phenoxy) is 1. The van der Waals surface area contributed by atoms with Gasteiger partial charge in [-0.3, -0.25) is 9.59 Å². The van der Waals surface area contributed by atoms with Crippen molar-refractivity contribution in [1.29, 1.82) is 0 Å². The molecule has 0 bridgehead atoms. The number of nitrogens with zero attached hydrogens (tertiary/aromatic N) is 2. The van der Waals surface area contributed by atoms with Crippen molar-refractivity contribution >= 4 is 27.7 Å². The SMILES string of the molecule is COCCNC(=O)CN(C)C(=O)c1cccc(Br)n1. The van der Waals surface area contributed by atoms with Crippen LogP contribution in [0.5, 0.6) is 0 Å². The summed E-state index contributed by atoms with van der Waals surface area (Å²) >= 11 is 3.20. The standard InChI is InChI=1S/C12H16BrN3O3/c1-16(8-11(17)14-6-7-19-2)12(18)9-4-3-5-10(13)15-9/h3-5H,6-8H2,1-2H3,(H,14,17). The smallest absolute Gasteiger partial charge is 0.272 e. The Labute approximate surface area is 120 Å². The van der Waals surface area contributed by atoms with Gasteiger partial charge in [-0.25, -0.2) is 4.98 Å². The minimum Gasteiger partial charge on any atom is -0.383 e. The number of aromatic nitrogens is 1. The van der Waals surface area contributed by atoms with Crippen molar-refractivity contribution in [3.8, 4) is 0 Å². The first-order valence-electron chi connectivity index (χ1n) is 5.68. The lowest BCUT2D eigenvalue weighted by Crippen LogP contribution is -2.39. The summed E-state index contributed by atoms with van der Waals surface area (Å²) in [5.74, 6) is -0.536. The van der Waals surface area contributed by atoms with Crippen LogP contribution < -0.4 is 5.32 Å². The summed E-state index contributed by atoms with van der Waals surface area (Å²) in [4.78, 5) is 28.9. The first kappa shape index (κ1) is 15.6. The van der Waals surface area contributed by atoms with E-state index in [0.717, 1.165) is 0 Å². The van der Waals surface area contributed by atoms with Crippen LogP contribution in [0.25, 0.3) is 0 Å². The van der Waals surface area contributed by atoms with E-state index < -0.39 is 0 Å². The summed E-state index contributed by atoms with van der Waals surface area (Å²) < 4.78 is 5.40. The van der Waals surface area contributed by atoms with Crippen molar-refractivity contribution in [1.82, 2.24) is 15.2 Å². The summed E-state index contributed by atoms with van der Waals surface area (Å²) in [6, 6.07) is 5.05. The van der Waals surface area contributed by atoms with Crippen LogP contribution in [-0.2, 0) is 9.53 Å². The molecule has 0 spiro atoms. The van der Waals surface area contributed by atoms with Gasteiger partial charge in [-0.1, -0.05) is 6.07 Å². The van der Waals surface area contributed by atoms with E-state index in [1.807, 2.05) is 0 Å². The third-order valence-electron chi connectivity index (χ3n) is 2.29. The van der Waals surface area contributed by atoms with E-state index in [2.05, 4.69) is 26.2 Å². The van der Waals surface area contributed by atoms with Gasteiger partial charge in [-0.15, -0.1) is 0 Å². The van der Waals surface area contributed by atoms with E-state index >= 15 is 0 Å². The van der Waals surface area contributed by atoms with Crippen LogP contribution in [0.3, 0.4) is 0 Å². The summed E-state index contributed by atoms with van der Waals surface area (Å²) in [5, 5.41) is 2.64. The van der Waals surface area contributed by atoms with Crippen molar-refractivity contribution in [3.05, 3.63) is 28.5 Å². The molecule has 19 heavy (non-hydrogen) atoms. The monoisotopic (exact) mass is 329 g/mol. The molecule has 7 heteroatoms. The van der Waals surface area contributed by atoms with Crippen LogP contribution in [0, 0.1) is 0 Å². The zero-order valence-corrected chi connectivity index (χ0v) is 12.4. The summed E-state index contributed by atoms with van der Waals surface area (Å²) in [6.07, 6.45) is 0. The molecule has 104 valence electrons. The molecule has 0 aliphatic carbocycles. The quantitative estimate of drug-likeness (QED) is 0.615. The van der Waals surface area contributed by atoms with Crippen molar-refractivity contribution in [2.45, 2.75) is 0 Å². The number of hydrogen-bond donors (Lipinski definition) is 1. The third-order valence-corrected chi connectivity index (χ3v) is 2.73. The molecule has 0 aliphatic rings. The molecule has 0 atom stereocenters. The Morgan fingerprint density at radius 2 is 2.21 bits per heavy atom. The highest BCUT2D eigenvalue weighted by Gasteiger charge is 2.15. The second-order valence-electron chi connectivity index (χ2n) is 3.85. The van der Waals surface area contributed by atoms with Crippen molar-refractivity contribution in [2.24, 2.45) is 0 Å². The lowest BCUT2D eigenvalue weighted by atomic mass is 10.3. The second-order valence-corrected chi connectivity index (χ2v) is 4.66. The maximum atomic E-state index is 12.0. The lowest BCUT2D eigenvalue weighted by molar-refractivity contribution is -0.121. The molecule has 1 rings (SSSR count). The van der Waals surface area contributed by atoms with Crippen molar-refractivity contribution in [3.63, 3.8) is 0 Å². The molecule has 0 unspecified atom stereocenters. The Hall–Kier alpha value is -1.47. The topological polar surface area (TPSA) is 71.5 Å². The van der Waals surface area contributed by atoms with Crippen LogP contribution in [0.4, 0.5) is 0 Å². The number of nitrogens with one attached hydrogen (secondary N) is 1. The van der Waals surface area contributed by atoms with Crippen LogP contribution in [-0.4, -0.2) is 55.6 Å². The maximum Gasteiger partial charge on any atom is 0.272 e. The number of rotatable bonds is 6. The number of likely N-dealkylation sites (N-methyl/N-ethyl adjacent to an activating group) is 1. The fourth-order valence-corrected chi connectivity index (χ4v) is 1.70. The van der Waals surface area contributed by atoms with Gasteiger partial charge in [0.2, 0.25) is 5.91 Å². The number of amides is 2. The molecule has 0 radical (unpaired) electrons. The molecular weight excluding hydrogens is 314 g/mol. The number of carbonyl (C=O) groups is 2. The molecule has 0 saturated carbocycles. The molecule has 0 fully saturated rings. The molecule has 1 aromatic heterocycles. The number of hydrogen-bond acceptors (Lipinski definition) is 4. The van der Waals surface area contributed by atoms with Crippen LogP contribution >= 0.6 is 15.9 Å². The highest BCUT2D eigenvalue weighted by atomic mass is 79.9. The highest BCUT2D eigenvalue weighted by Crippen LogP contribution is 2.07. The van der Waals surface area contributed by atoms with Crippen LogP contribution in [0.2, 0.25) is 0 Å². The Morgan fingerprint density at radius 3 is 2.84 bits per heavy atom. The minimum absolute atomic E-state index is 0.0171. The average molecular weight is 330 g/mol. The first-order chi connectivity index (χ1) is 9.04. The normalized spacial score (nSPS) is 10.1. The van der Waals surface area contributed by atoms with Crippen LogP contribution in [0.15, 0.2) is 22.8 Å². The van der Waals surface area contributed by atoms with Gasteiger partial charge in [0, 0.05) is 20.7 Å².